The molecule has 0 bridgehead atoms. The highest BCUT2D eigenvalue weighted by Crippen LogP contribution is 2.08. The van der Waals surface area contributed by atoms with E-state index in [-0.39, 0.29) is 6.04 Å². The maximum absolute atomic E-state index is 8.58. The quantitative estimate of drug-likeness (QED) is 0.685. The standard InChI is InChI=1S/C11H22N2/c1-9(2)6-5-7-10(3)13-11(4)8-12/h9-11,13H,5-7H2,1-4H3. The summed E-state index contributed by atoms with van der Waals surface area (Å²) in [5, 5.41) is 11.8. The third kappa shape index (κ3) is 7.80. The minimum Gasteiger partial charge on any atom is -0.300 e. The van der Waals surface area contributed by atoms with Crippen molar-refractivity contribution >= 4 is 0 Å². The van der Waals surface area contributed by atoms with Crippen molar-refractivity contribution in [1.82, 2.24) is 5.32 Å². The van der Waals surface area contributed by atoms with Crippen LogP contribution in [0.2, 0.25) is 0 Å². The molecule has 0 saturated carbocycles. The van der Waals surface area contributed by atoms with Gasteiger partial charge in [-0.05, 0) is 26.2 Å². The van der Waals surface area contributed by atoms with Crippen LogP contribution in [0.3, 0.4) is 0 Å². The lowest BCUT2D eigenvalue weighted by molar-refractivity contribution is 0.446. The summed E-state index contributed by atoms with van der Waals surface area (Å²) in [6.45, 7) is 8.54. The van der Waals surface area contributed by atoms with Crippen LogP contribution in [0.1, 0.15) is 47.0 Å². The maximum atomic E-state index is 8.58. The molecule has 0 saturated heterocycles. The summed E-state index contributed by atoms with van der Waals surface area (Å²) in [5.41, 5.74) is 0. The van der Waals surface area contributed by atoms with E-state index in [2.05, 4.69) is 32.2 Å². The Labute approximate surface area is 82.3 Å². The molecule has 0 aromatic carbocycles. The van der Waals surface area contributed by atoms with Crippen molar-refractivity contribution in [1.29, 1.82) is 5.26 Å². The molecule has 0 aliphatic heterocycles. The Kier molecular flexibility index (Phi) is 6.62. The first-order valence-corrected chi connectivity index (χ1v) is 5.22. The van der Waals surface area contributed by atoms with Crippen LogP contribution in [0.25, 0.3) is 0 Å². The van der Waals surface area contributed by atoms with Crippen LogP contribution in [-0.4, -0.2) is 12.1 Å². The van der Waals surface area contributed by atoms with Gasteiger partial charge in [0, 0.05) is 6.04 Å². The maximum Gasteiger partial charge on any atom is 0.0926 e. The second kappa shape index (κ2) is 6.91. The molecule has 0 heterocycles. The van der Waals surface area contributed by atoms with Crippen LogP contribution in [0.15, 0.2) is 0 Å². The third-order valence-electron chi connectivity index (χ3n) is 2.15. The van der Waals surface area contributed by atoms with Gasteiger partial charge in [0.15, 0.2) is 0 Å². The fraction of sp³-hybridized carbons (Fsp3) is 0.909. The molecule has 1 N–H and O–H groups in total. The summed E-state index contributed by atoms with van der Waals surface area (Å²) in [7, 11) is 0. The predicted octanol–water partition coefficient (Wildman–Crippen LogP) is 2.70. The van der Waals surface area contributed by atoms with Gasteiger partial charge in [0.1, 0.15) is 0 Å². The van der Waals surface area contributed by atoms with Crippen molar-refractivity contribution < 1.29 is 0 Å². The summed E-state index contributed by atoms with van der Waals surface area (Å²) in [5.74, 6) is 0.792. The fourth-order valence-electron chi connectivity index (χ4n) is 1.38. The Hall–Kier alpha value is -0.550. The molecule has 2 nitrogen and oxygen atoms in total. The van der Waals surface area contributed by atoms with Gasteiger partial charge in [-0.25, -0.2) is 0 Å². The van der Waals surface area contributed by atoms with E-state index in [1.54, 1.807) is 0 Å². The Bertz CT molecular complexity index is 158. The first kappa shape index (κ1) is 12.4. The Morgan fingerprint density at radius 1 is 1.15 bits per heavy atom. The number of rotatable bonds is 6. The van der Waals surface area contributed by atoms with Crippen LogP contribution in [0.5, 0.6) is 0 Å². The van der Waals surface area contributed by atoms with Gasteiger partial charge < -0.3 is 0 Å². The van der Waals surface area contributed by atoms with Crippen molar-refractivity contribution in [2.24, 2.45) is 5.92 Å². The largest absolute Gasteiger partial charge is 0.300 e. The first-order chi connectivity index (χ1) is 6.06. The van der Waals surface area contributed by atoms with Crippen LogP contribution in [-0.2, 0) is 0 Å². The summed E-state index contributed by atoms with van der Waals surface area (Å²) >= 11 is 0. The fourth-order valence-corrected chi connectivity index (χ4v) is 1.38. The molecule has 0 aliphatic carbocycles. The summed E-state index contributed by atoms with van der Waals surface area (Å²) < 4.78 is 0. The van der Waals surface area contributed by atoms with Crippen LogP contribution >= 0.6 is 0 Å². The van der Waals surface area contributed by atoms with Gasteiger partial charge in [-0.1, -0.05) is 26.7 Å². The molecule has 0 aliphatic rings. The minimum atomic E-state index is -0.0194. The van der Waals surface area contributed by atoms with Gasteiger partial charge in [0.2, 0.25) is 0 Å². The van der Waals surface area contributed by atoms with E-state index in [1.807, 2.05) is 6.92 Å². The van der Waals surface area contributed by atoms with Crippen molar-refractivity contribution in [2.75, 3.05) is 0 Å². The molecule has 2 atom stereocenters. The lowest BCUT2D eigenvalue weighted by Crippen LogP contribution is -2.33. The van der Waals surface area contributed by atoms with E-state index < -0.39 is 0 Å². The number of nitriles is 1. The highest BCUT2D eigenvalue weighted by Gasteiger charge is 2.05. The van der Waals surface area contributed by atoms with Crippen molar-refractivity contribution in [2.45, 2.75) is 59.0 Å². The lowest BCUT2D eigenvalue weighted by Gasteiger charge is -2.15. The van der Waals surface area contributed by atoms with E-state index in [1.165, 1.54) is 19.3 Å². The SMILES string of the molecule is CC(C)CCCC(C)NC(C)C#N. The Morgan fingerprint density at radius 3 is 2.23 bits per heavy atom. The van der Waals surface area contributed by atoms with Gasteiger partial charge in [-0.2, -0.15) is 5.26 Å². The highest BCUT2D eigenvalue weighted by molar-refractivity contribution is 4.86. The zero-order valence-corrected chi connectivity index (χ0v) is 9.30. The third-order valence-corrected chi connectivity index (χ3v) is 2.15. The molecule has 0 aromatic heterocycles. The van der Waals surface area contributed by atoms with Crippen molar-refractivity contribution in [3.05, 3.63) is 0 Å². The van der Waals surface area contributed by atoms with Gasteiger partial charge in [-0.3, -0.25) is 5.32 Å². The van der Waals surface area contributed by atoms with Gasteiger partial charge in [-0.15, -0.1) is 0 Å². The molecule has 2 heteroatoms. The molecular weight excluding hydrogens is 160 g/mol. The topological polar surface area (TPSA) is 35.8 Å². The second-order valence-corrected chi connectivity index (χ2v) is 4.24. The molecule has 13 heavy (non-hydrogen) atoms. The van der Waals surface area contributed by atoms with Gasteiger partial charge >= 0.3 is 0 Å². The number of hydrogen-bond acceptors (Lipinski definition) is 2. The molecule has 2 unspecified atom stereocenters. The average molecular weight is 182 g/mol. The molecule has 76 valence electrons. The van der Waals surface area contributed by atoms with Crippen LogP contribution in [0.4, 0.5) is 0 Å². The van der Waals surface area contributed by atoms with Crippen LogP contribution in [0, 0.1) is 17.2 Å². The molecule has 0 rings (SSSR count). The zero-order chi connectivity index (χ0) is 10.3. The summed E-state index contributed by atoms with van der Waals surface area (Å²) in [6, 6.07) is 2.63. The monoisotopic (exact) mass is 182 g/mol. The molecule has 0 radical (unpaired) electrons. The molecule has 0 spiro atoms. The number of hydrogen-bond donors (Lipinski definition) is 1. The smallest absolute Gasteiger partial charge is 0.0926 e. The number of nitrogens with zero attached hydrogens (tertiary/aromatic N) is 1. The molecular formula is C11H22N2. The normalized spacial score (nSPS) is 15.4. The first-order valence-electron chi connectivity index (χ1n) is 5.22. The van der Waals surface area contributed by atoms with Gasteiger partial charge in [0.05, 0.1) is 12.1 Å². The predicted molar refractivity (Wildman–Crippen MR) is 56.4 cm³/mol. The molecule has 0 aromatic rings. The second-order valence-electron chi connectivity index (χ2n) is 4.24. The number of nitrogens with one attached hydrogen (secondary N) is 1. The minimum absolute atomic E-state index is 0.0194. The molecule has 0 fully saturated rings. The van der Waals surface area contributed by atoms with E-state index in [4.69, 9.17) is 5.26 Å². The van der Waals surface area contributed by atoms with Crippen molar-refractivity contribution in [3.63, 3.8) is 0 Å². The van der Waals surface area contributed by atoms with Crippen LogP contribution < -0.4 is 5.32 Å². The summed E-state index contributed by atoms with van der Waals surface area (Å²) in [4.78, 5) is 0. The lowest BCUT2D eigenvalue weighted by atomic mass is 10.0. The van der Waals surface area contributed by atoms with E-state index in [0.717, 1.165) is 5.92 Å². The van der Waals surface area contributed by atoms with E-state index >= 15 is 0 Å². The highest BCUT2D eigenvalue weighted by atomic mass is 14.9. The zero-order valence-electron chi connectivity index (χ0n) is 9.30. The van der Waals surface area contributed by atoms with Crippen molar-refractivity contribution in [3.8, 4) is 6.07 Å². The molecule has 0 amide bonds. The Morgan fingerprint density at radius 2 is 1.77 bits per heavy atom. The van der Waals surface area contributed by atoms with E-state index in [9.17, 15) is 0 Å². The van der Waals surface area contributed by atoms with Gasteiger partial charge in [0.25, 0.3) is 0 Å². The summed E-state index contributed by atoms with van der Waals surface area (Å²) in [6.07, 6.45) is 3.71. The average Bonchev–Trinajstić information content (AvgIpc) is 2.03. The van der Waals surface area contributed by atoms with E-state index in [0.29, 0.717) is 6.04 Å². The Balaban J connectivity index is 3.41.